The van der Waals surface area contributed by atoms with Crippen molar-refractivity contribution in [3.05, 3.63) is 50.4 Å². The molecule has 1 aromatic carbocycles. The van der Waals surface area contributed by atoms with Gasteiger partial charge in [-0.05, 0) is 31.5 Å². The van der Waals surface area contributed by atoms with Crippen LogP contribution in [0.3, 0.4) is 0 Å². The van der Waals surface area contributed by atoms with Crippen LogP contribution in [0.15, 0.2) is 34.1 Å². The number of aromatic nitrogens is 1. The third-order valence-corrected chi connectivity index (χ3v) is 4.31. The monoisotopic (exact) mass is 339 g/mol. The molecule has 100 valence electrons. The molecule has 2 aromatic rings. The van der Waals surface area contributed by atoms with Gasteiger partial charge in [0, 0.05) is 16.3 Å². The van der Waals surface area contributed by atoms with Gasteiger partial charge in [-0.3, -0.25) is 4.79 Å². The molecular weight excluding hydrogens is 326 g/mol. The van der Waals surface area contributed by atoms with E-state index in [1.165, 1.54) is 11.3 Å². The Labute approximate surface area is 124 Å². The lowest BCUT2D eigenvalue weighted by molar-refractivity contribution is -0.142. The zero-order valence-corrected chi connectivity index (χ0v) is 13.1. The Morgan fingerprint density at radius 3 is 2.84 bits per heavy atom. The highest BCUT2D eigenvalue weighted by Gasteiger charge is 2.31. The van der Waals surface area contributed by atoms with Gasteiger partial charge in [0.25, 0.3) is 0 Å². The summed E-state index contributed by atoms with van der Waals surface area (Å²) in [5, 5.41) is 12.0. The summed E-state index contributed by atoms with van der Waals surface area (Å²) in [7, 11) is 0. The third-order valence-electron chi connectivity index (χ3n) is 2.97. The quantitative estimate of drug-likeness (QED) is 0.920. The highest BCUT2D eigenvalue weighted by molar-refractivity contribution is 9.10. The summed E-state index contributed by atoms with van der Waals surface area (Å²) in [5.41, 5.74) is 0.838. The molecule has 1 aromatic heterocycles. The van der Waals surface area contributed by atoms with Gasteiger partial charge in [-0.15, -0.1) is 11.3 Å². The van der Waals surface area contributed by atoms with E-state index < -0.39 is 11.4 Å². The maximum absolute atomic E-state index is 11.2. The highest BCUT2D eigenvalue weighted by Crippen LogP contribution is 2.26. The largest absolute Gasteiger partial charge is 0.481 e. The lowest BCUT2D eigenvalue weighted by atomic mass is 9.90. The molecule has 0 saturated heterocycles. The molecule has 0 radical (unpaired) electrons. The molecular formula is C14H14BrNO2S. The highest BCUT2D eigenvalue weighted by atomic mass is 79.9. The van der Waals surface area contributed by atoms with E-state index in [-0.39, 0.29) is 0 Å². The molecule has 0 atom stereocenters. The summed E-state index contributed by atoms with van der Waals surface area (Å²) < 4.78 is 1.03. The molecule has 0 spiro atoms. The predicted molar refractivity (Wildman–Crippen MR) is 79.7 cm³/mol. The first-order valence-electron chi connectivity index (χ1n) is 5.82. The number of carbonyl (C=O) groups is 1. The molecule has 19 heavy (non-hydrogen) atoms. The van der Waals surface area contributed by atoms with E-state index in [9.17, 15) is 9.90 Å². The Morgan fingerprint density at radius 1 is 1.47 bits per heavy atom. The van der Waals surface area contributed by atoms with Crippen LogP contribution in [0.1, 0.15) is 30.1 Å². The molecule has 5 heteroatoms. The van der Waals surface area contributed by atoms with Gasteiger partial charge in [-0.1, -0.05) is 28.1 Å². The smallest absolute Gasteiger partial charge is 0.315 e. The number of carboxylic acid groups (broad SMARTS) is 1. The molecule has 0 saturated carbocycles. The normalized spacial score (nSPS) is 11.5. The van der Waals surface area contributed by atoms with Crippen LogP contribution < -0.4 is 0 Å². The SMILES string of the molecule is CC(C)(C(=O)O)c1csc(Cc2cccc(Br)c2)n1. The van der Waals surface area contributed by atoms with Crippen LogP contribution in [0, 0.1) is 0 Å². The van der Waals surface area contributed by atoms with E-state index in [1.54, 1.807) is 13.8 Å². The van der Waals surface area contributed by atoms with Crippen molar-refractivity contribution in [3.63, 3.8) is 0 Å². The second kappa shape index (κ2) is 5.43. The van der Waals surface area contributed by atoms with E-state index in [4.69, 9.17) is 0 Å². The maximum Gasteiger partial charge on any atom is 0.315 e. The molecule has 3 nitrogen and oxygen atoms in total. The van der Waals surface area contributed by atoms with E-state index >= 15 is 0 Å². The molecule has 0 fully saturated rings. The zero-order valence-electron chi connectivity index (χ0n) is 10.7. The molecule has 0 unspecified atom stereocenters. The number of thiazole rings is 1. The first-order valence-corrected chi connectivity index (χ1v) is 7.49. The first-order chi connectivity index (χ1) is 8.89. The summed E-state index contributed by atoms with van der Waals surface area (Å²) in [6.45, 7) is 3.35. The van der Waals surface area contributed by atoms with Gasteiger partial charge in [-0.25, -0.2) is 4.98 Å². The number of hydrogen-bond acceptors (Lipinski definition) is 3. The molecule has 1 heterocycles. The van der Waals surface area contributed by atoms with Crippen molar-refractivity contribution in [1.29, 1.82) is 0 Å². The Hall–Kier alpha value is -1.20. The maximum atomic E-state index is 11.2. The summed E-state index contributed by atoms with van der Waals surface area (Å²) >= 11 is 4.94. The molecule has 0 amide bonds. The van der Waals surface area contributed by atoms with Gasteiger partial charge in [0.05, 0.1) is 10.7 Å². The summed E-state index contributed by atoms with van der Waals surface area (Å²) in [6, 6.07) is 8.04. The fourth-order valence-electron chi connectivity index (χ4n) is 1.61. The molecule has 2 rings (SSSR count). The van der Waals surface area contributed by atoms with Crippen molar-refractivity contribution in [1.82, 2.24) is 4.98 Å². The van der Waals surface area contributed by atoms with E-state index in [1.807, 2.05) is 29.6 Å². The van der Waals surface area contributed by atoms with Crippen LogP contribution >= 0.6 is 27.3 Å². The summed E-state index contributed by atoms with van der Waals surface area (Å²) in [6.07, 6.45) is 0.722. The molecule has 1 N–H and O–H groups in total. The number of halogens is 1. The number of nitrogens with zero attached hydrogens (tertiary/aromatic N) is 1. The molecule has 0 bridgehead atoms. The van der Waals surface area contributed by atoms with Crippen LogP contribution in [0.4, 0.5) is 0 Å². The second-order valence-electron chi connectivity index (χ2n) is 4.86. The Balaban J connectivity index is 2.20. The number of aliphatic carboxylic acids is 1. The molecule has 0 aliphatic heterocycles. The van der Waals surface area contributed by atoms with E-state index in [2.05, 4.69) is 20.9 Å². The van der Waals surface area contributed by atoms with Crippen molar-refractivity contribution in [2.24, 2.45) is 0 Å². The zero-order chi connectivity index (χ0) is 14.0. The Bertz CT molecular complexity index is 607. The number of hydrogen-bond donors (Lipinski definition) is 1. The van der Waals surface area contributed by atoms with Gasteiger partial charge in [-0.2, -0.15) is 0 Å². The lowest BCUT2D eigenvalue weighted by Gasteiger charge is -2.15. The standard InChI is InChI=1S/C14H14BrNO2S/c1-14(2,13(17)18)11-8-19-12(16-11)7-9-4-3-5-10(15)6-9/h3-6,8H,7H2,1-2H3,(H,17,18). The summed E-state index contributed by atoms with van der Waals surface area (Å²) in [5.74, 6) is -0.855. The minimum Gasteiger partial charge on any atom is -0.481 e. The van der Waals surface area contributed by atoms with Gasteiger partial charge >= 0.3 is 5.97 Å². The van der Waals surface area contributed by atoms with Crippen molar-refractivity contribution >= 4 is 33.2 Å². The van der Waals surface area contributed by atoms with Crippen LogP contribution in [0.25, 0.3) is 0 Å². The van der Waals surface area contributed by atoms with Gasteiger partial charge in [0.2, 0.25) is 0 Å². The fraction of sp³-hybridized carbons (Fsp3) is 0.286. The van der Waals surface area contributed by atoms with Crippen molar-refractivity contribution in [2.75, 3.05) is 0 Å². The predicted octanol–water partition coefficient (Wildman–Crippen LogP) is 3.86. The number of rotatable bonds is 4. The van der Waals surface area contributed by atoms with Gasteiger partial charge in [0.15, 0.2) is 0 Å². The van der Waals surface area contributed by atoms with E-state index in [0.717, 1.165) is 21.5 Å². The average Bonchev–Trinajstić information content (AvgIpc) is 2.78. The average molecular weight is 340 g/mol. The van der Waals surface area contributed by atoms with E-state index in [0.29, 0.717) is 5.69 Å². The molecule has 0 aliphatic carbocycles. The van der Waals surface area contributed by atoms with Crippen LogP contribution in [0.2, 0.25) is 0 Å². The minimum absolute atomic E-state index is 0.620. The van der Waals surface area contributed by atoms with Crippen LogP contribution in [0.5, 0.6) is 0 Å². The van der Waals surface area contributed by atoms with Gasteiger partial charge in [0.1, 0.15) is 5.41 Å². The van der Waals surface area contributed by atoms with Crippen LogP contribution in [-0.2, 0) is 16.6 Å². The fourth-order valence-corrected chi connectivity index (χ4v) is 3.05. The Morgan fingerprint density at radius 2 is 2.21 bits per heavy atom. The number of benzene rings is 1. The lowest BCUT2D eigenvalue weighted by Crippen LogP contribution is -2.28. The summed E-state index contributed by atoms with van der Waals surface area (Å²) in [4.78, 5) is 15.6. The number of carboxylic acids is 1. The van der Waals surface area contributed by atoms with Crippen molar-refractivity contribution in [3.8, 4) is 0 Å². The van der Waals surface area contributed by atoms with Crippen LogP contribution in [-0.4, -0.2) is 16.1 Å². The third kappa shape index (κ3) is 3.22. The first kappa shape index (κ1) is 14.2. The van der Waals surface area contributed by atoms with Crippen molar-refractivity contribution < 1.29 is 9.90 Å². The second-order valence-corrected chi connectivity index (χ2v) is 6.72. The molecule has 0 aliphatic rings. The Kier molecular flexibility index (Phi) is 4.06. The minimum atomic E-state index is -0.938. The topological polar surface area (TPSA) is 50.2 Å². The van der Waals surface area contributed by atoms with Gasteiger partial charge < -0.3 is 5.11 Å². The van der Waals surface area contributed by atoms with Crippen molar-refractivity contribution in [2.45, 2.75) is 25.7 Å².